The third kappa shape index (κ3) is 11.1. The molecule has 236 valence electrons. The molecule has 2 amide bonds. The van der Waals surface area contributed by atoms with Gasteiger partial charge in [-0.1, -0.05) is 60.7 Å². The zero-order chi connectivity index (χ0) is 31.7. The molecule has 0 saturated carbocycles. The Morgan fingerprint density at radius 3 is 2.20 bits per heavy atom. The maximum atomic E-state index is 14.1. The second-order valence-electron chi connectivity index (χ2n) is 10.2. The highest BCUT2D eigenvalue weighted by Gasteiger charge is 2.45. The van der Waals surface area contributed by atoms with Gasteiger partial charge in [0, 0.05) is 20.0 Å². The number of hydrogen-bond donors (Lipinski definition) is 1. The van der Waals surface area contributed by atoms with Crippen molar-refractivity contribution < 1.29 is 48.0 Å². The number of benzene rings is 2. The van der Waals surface area contributed by atoms with Gasteiger partial charge in [0.15, 0.2) is 17.7 Å². The minimum atomic E-state index is -1.59. The third-order valence-electron chi connectivity index (χ3n) is 6.82. The van der Waals surface area contributed by atoms with E-state index in [0.29, 0.717) is 38.2 Å². The summed E-state index contributed by atoms with van der Waals surface area (Å²) in [5.74, 6) is -3.88. The van der Waals surface area contributed by atoms with Crippen molar-refractivity contribution in [3.8, 4) is 0 Å². The van der Waals surface area contributed by atoms with Crippen LogP contribution in [0.25, 0.3) is 0 Å². The second-order valence-corrected chi connectivity index (χ2v) is 10.2. The lowest BCUT2D eigenvalue weighted by atomic mass is 9.89. The number of amides is 2. The van der Waals surface area contributed by atoms with Crippen LogP contribution in [0, 0.1) is 5.92 Å². The van der Waals surface area contributed by atoms with Crippen molar-refractivity contribution >= 4 is 29.5 Å². The highest BCUT2D eigenvalue weighted by Crippen LogP contribution is 2.26. The molecule has 44 heavy (non-hydrogen) atoms. The van der Waals surface area contributed by atoms with E-state index >= 15 is 0 Å². The van der Waals surface area contributed by atoms with E-state index in [0.717, 1.165) is 29.5 Å². The SMILES string of the molecule is CC(=O)O[C@@H](C(=O)C=CC(=O)CCCOCCOCCO)[C@H](Cc1ccccc1)C(=O)N1C(=O)OC[C@H]1Cc1ccccc1. The Balaban J connectivity index is 1.75. The Bertz CT molecular complexity index is 1260. The van der Waals surface area contributed by atoms with Crippen LogP contribution in [0.1, 0.15) is 30.9 Å². The summed E-state index contributed by atoms with van der Waals surface area (Å²) >= 11 is 0. The van der Waals surface area contributed by atoms with Gasteiger partial charge in [-0.15, -0.1) is 0 Å². The van der Waals surface area contributed by atoms with Crippen molar-refractivity contribution in [3.63, 3.8) is 0 Å². The lowest BCUT2D eigenvalue weighted by Gasteiger charge is -2.29. The average molecular weight is 610 g/mol. The van der Waals surface area contributed by atoms with Gasteiger partial charge < -0.3 is 24.1 Å². The number of cyclic esters (lactones) is 1. The molecule has 0 unspecified atom stereocenters. The molecule has 2 aromatic rings. The number of aliphatic hydroxyl groups is 1. The average Bonchev–Trinajstić information content (AvgIpc) is 3.38. The second kappa shape index (κ2) is 18.5. The van der Waals surface area contributed by atoms with Crippen molar-refractivity contribution in [2.45, 2.75) is 44.8 Å². The number of rotatable bonds is 19. The minimum Gasteiger partial charge on any atom is -0.453 e. The number of nitrogens with zero attached hydrogens (tertiary/aromatic N) is 1. The van der Waals surface area contributed by atoms with Gasteiger partial charge in [-0.3, -0.25) is 19.2 Å². The summed E-state index contributed by atoms with van der Waals surface area (Å²) in [4.78, 5) is 65.9. The molecule has 2 aromatic carbocycles. The molecule has 1 saturated heterocycles. The molecule has 0 bridgehead atoms. The van der Waals surface area contributed by atoms with Crippen LogP contribution in [0.2, 0.25) is 0 Å². The van der Waals surface area contributed by atoms with Crippen LogP contribution in [-0.2, 0) is 51.0 Å². The molecule has 3 atom stereocenters. The fourth-order valence-electron chi connectivity index (χ4n) is 4.74. The van der Waals surface area contributed by atoms with Crippen LogP contribution in [0.4, 0.5) is 4.79 Å². The highest BCUT2D eigenvalue weighted by atomic mass is 16.6. The van der Waals surface area contributed by atoms with Crippen LogP contribution in [0.5, 0.6) is 0 Å². The number of carbonyl (C=O) groups excluding carboxylic acids is 5. The van der Waals surface area contributed by atoms with E-state index < -0.39 is 41.8 Å². The molecule has 1 N–H and O–H groups in total. The van der Waals surface area contributed by atoms with E-state index in [1.807, 2.05) is 30.3 Å². The van der Waals surface area contributed by atoms with Crippen LogP contribution in [0.3, 0.4) is 0 Å². The largest absolute Gasteiger partial charge is 0.453 e. The van der Waals surface area contributed by atoms with Crippen molar-refractivity contribution in [2.75, 3.05) is 39.6 Å². The zero-order valence-electron chi connectivity index (χ0n) is 24.8. The molecule has 1 fully saturated rings. The molecule has 11 nitrogen and oxygen atoms in total. The van der Waals surface area contributed by atoms with Gasteiger partial charge in [0.05, 0.1) is 38.4 Å². The number of allylic oxidation sites excluding steroid dienone is 1. The van der Waals surface area contributed by atoms with Crippen LogP contribution in [-0.4, -0.2) is 91.3 Å². The molecule has 11 heteroatoms. The van der Waals surface area contributed by atoms with Crippen molar-refractivity contribution in [1.29, 1.82) is 0 Å². The van der Waals surface area contributed by atoms with Gasteiger partial charge in [-0.25, -0.2) is 9.69 Å². The van der Waals surface area contributed by atoms with Gasteiger partial charge >= 0.3 is 12.1 Å². The first kappa shape index (κ1) is 34.3. The zero-order valence-corrected chi connectivity index (χ0v) is 24.8. The minimum absolute atomic E-state index is 0.00760. The number of esters is 1. The first-order valence-electron chi connectivity index (χ1n) is 14.6. The lowest BCUT2D eigenvalue weighted by Crippen LogP contribution is -2.49. The van der Waals surface area contributed by atoms with Crippen LogP contribution < -0.4 is 0 Å². The summed E-state index contributed by atoms with van der Waals surface area (Å²) in [6, 6.07) is 17.6. The highest BCUT2D eigenvalue weighted by molar-refractivity contribution is 6.04. The van der Waals surface area contributed by atoms with E-state index in [9.17, 15) is 24.0 Å². The van der Waals surface area contributed by atoms with Gasteiger partial charge in [-0.05, 0) is 42.5 Å². The molecule has 0 aliphatic carbocycles. The molecule has 0 spiro atoms. The number of hydrogen-bond acceptors (Lipinski definition) is 10. The molecule has 1 aliphatic heterocycles. The van der Waals surface area contributed by atoms with Gasteiger partial charge in [0.1, 0.15) is 6.61 Å². The Hall–Kier alpha value is -4.19. The summed E-state index contributed by atoms with van der Waals surface area (Å²) in [5.41, 5.74) is 1.58. The number of carbonyl (C=O) groups is 5. The molecule has 1 heterocycles. The monoisotopic (exact) mass is 609 g/mol. The maximum absolute atomic E-state index is 14.1. The Morgan fingerprint density at radius 1 is 0.932 bits per heavy atom. The Kier molecular flexibility index (Phi) is 14.4. The van der Waals surface area contributed by atoms with Gasteiger partial charge in [-0.2, -0.15) is 0 Å². The predicted molar refractivity (Wildman–Crippen MR) is 158 cm³/mol. The van der Waals surface area contributed by atoms with Crippen molar-refractivity contribution in [3.05, 3.63) is 83.9 Å². The summed E-state index contributed by atoms with van der Waals surface area (Å²) in [6.07, 6.45) is 0.521. The van der Waals surface area contributed by atoms with E-state index in [-0.39, 0.29) is 38.4 Å². The Morgan fingerprint density at radius 2 is 1.57 bits per heavy atom. The quantitative estimate of drug-likeness (QED) is 0.143. The van der Waals surface area contributed by atoms with E-state index in [1.54, 1.807) is 30.3 Å². The fourth-order valence-corrected chi connectivity index (χ4v) is 4.74. The van der Waals surface area contributed by atoms with E-state index in [1.165, 1.54) is 0 Å². The van der Waals surface area contributed by atoms with Crippen LogP contribution >= 0.6 is 0 Å². The fraction of sp³-hybridized carbons (Fsp3) is 0.424. The topological polar surface area (TPSA) is 146 Å². The standard InChI is InChI=1S/C33H39NO10/c1-24(36)44-31(30(38)15-14-28(37)13-8-17-41-19-20-42-18-16-35)29(22-26-11-6-3-7-12-26)32(39)34-27(23-43-33(34)40)21-25-9-4-2-5-10-25/h2-7,9-12,14-15,27,29,31,35H,8,13,16-23H2,1H3/t27-,29+,31-/m1/s1. The first-order chi connectivity index (χ1) is 21.3. The van der Waals surface area contributed by atoms with Crippen molar-refractivity contribution in [2.24, 2.45) is 5.92 Å². The number of ether oxygens (including phenoxy) is 4. The summed E-state index contributed by atoms with van der Waals surface area (Å²) in [5, 5.41) is 8.68. The summed E-state index contributed by atoms with van der Waals surface area (Å²) in [7, 11) is 0. The number of aliphatic hydroxyl groups excluding tert-OH is 1. The van der Waals surface area contributed by atoms with Crippen molar-refractivity contribution in [1.82, 2.24) is 4.90 Å². The lowest BCUT2D eigenvalue weighted by molar-refractivity contribution is -0.158. The van der Waals surface area contributed by atoms with E-state index in [2.05, 4.69) is 0 Å². The molecule has 0 radical (unpaired) electrons. The predicted octanol–water partition coefficient (Wildman–Crippen LogP) is 2.87. The number of imide groups is 1. The van der Waals surface area contributed by atoms with Crippen LogP contribution in [0.15, 0.2) is 72.8 Å². The summed E-state index contributed by atoms with van der Waals surface area (Å²) in [6.45, 7) is 2.21. The molecular formula is C33H39NO10. The maximum Gasteiger partial charge on any atom is 0.416 e. The molecule has 0 aromatic heterocycles. The first-order valence-corrected chi connectivity index (χ1v) is 14.6. The molecule has 1 aliphatic rings. The van der Waals surface area contributed by atoms with Gasteiger partial charge in [0.2, 0.25) is 5.91 Å². The Labute approximate surface area is 256 Å². The number of ketones is 2. The molecule has 3 rings (SSSR count). The summed E-state index contributed by atoms with van der Waals surface area (Å²) < 4.78 is 21.1. The normalized spacial score (nSPS) is 16.0. The smallest absolute Gasteiger partial charge is 0.416 e. The molecular weight excluding hydrogens is 570 g/mol. The van der Waals surface area contributed by atoms with Gasteiger partial charge in [0.25, 0.3) is 0 Å². The third-order valence-corrected chi connectivity index (χ3v) is 6.82. The van der Waals surface area contributed by atoms with E-state index in [4.69, 9.17) is 24.1 Å².